The number of nitrogens with one attached hydrogen (secondary N) is 1. The summed E-state index contributed by atoms with van der Waals surface area (Å²) in [6.45, 7) is 0.489. The molecule has 1 aliphatic rings. The van der Waals surface area contributed by atoms with Crippen molar-refractivity contribution in [1.82, 2.24) is 4.72 Å². The van der Waals surface area contributed by atoms with Crippen LogP contribution in [0.1, 0.15) is 37.7 Å². The molecule has 0 heterocycles. The molecule has 0 atom stereocenters. The molecule has 0 unspecified atom stereocenters. The largest absolute Gasteiger partial charge is 0.215 e. The second kappa shape index (κ2) is 6.34. The molecule has 0 aromatic heterocycles. The minimum atomic E-state index is -3.11. The van der Waals surface area contributed by atoms with Crippen LogP contribution in [0.15, 0.2) is 24.3 Å². The van der Waals surface area contributed by atoms with Gasteiger partial charge in [0.1, 0.15) is 0 Å². The minimum Gasteiger partial charge on any atom is -0.215 e. The molecule has 1 radical (unpaired) electrons. The van der Waals surface area contributed by atoms with Gasteiger partial charge in [0.25, 0.3) is 0 Å². The van der Waals surface area contributed by atoms with Crippen LogP contribution >= 0.6 is 0 Å². The minimum absolute atomic E-state index is 0.171. The zero-order chi connectivity index (χ0) is 12.8. The van der Waals surface area contributed by atoms with Crippen molar-refractivity contribution in [2.24, 2.45) is 0 Å². The molecule has 0 aliphatic heterocycles. The third-order valence-corrected chi connectivity index (χ3v) is 5.45. The molecule has 2 rings (SSSR count). The maximum absolute atomic E-state index is 12.1. The summed E-state index contributed by atoms with van der Waals surface area (Å²) in [6.07, 6.45) is 5.62. The summed E-state index contributed by atoms with van der Waals surface area (Å²) in [5.41, 5.74) is 1.14. The van der Waals surface area contributed by atoms with E-state index in [0.29, 0.717) is 6.54 Å². The monoisotopic (exact) mass is 266 g/mol. The van der Waals surface area contributed by atoms with E-state index in [2.05, 4.69) is 10.8 Å². The fourth-order valence-electron chi connectivity index (χ4n) is 2.42. The number of benzene rings is 1. The van der Waals surface area contributed by atoms with Gasteiger partial charge in [-0.1, -0.05) is 43.5 Å². The van der Waals surface area contributed by atoms with Crippen LogP contribution in [-0.2, 0) is 16.4 Å². The molecule has 0 bridgehead atoms. The lowest BCUT2D eigenvalue weighted by atomic mass is 10.0. The van der Waals surface area contributed by atoms with E-state index in [1.54, 1.807) is 0 Å². The van der Waals surface area contributed by atoms with E-state index < -0.39 is 10.0 Å². The first-order chi connectivity index (χ1) is 8.68. The molecular formula is C14H20NO2S. The topological polar surface area (TPSA) is 46.2 Å². The quantitative estimate of drug-likeness (QED) is 0.888. The molecular weight excluding hydrogens is 246 g/mol. The zero-order valence-electron chi connectivity index (χ0n) is 10.6. The van der Waals surface area contributed by atoms with E-state index >= 15 is 0 Å². The Morgan fingerprint density at radius 2 is 1.83 bits per heavy atom. The molecule has 4 heteroatoms. The lowest BCUT2D eigenvalue weighted by Crippen LogP contribution is -2.36. The Bertz CT molecular complexity index is 450. The van der Waals surface area contributed by atoms with Crippen LogP contribution in [0.25, 0.3) is 0 Å². The van der Waals surface area contributed by atoms with Gasteiger partial charge in [-0.2, -0.15) is 0 Å². The van der Waals surface area contributed by atoms with Gasteiger partial charge in [0.05, 0.1) is 5.25 Å². The lowest BCUT2D eigenvalue weighted by molar-refractivity contribution is 0.478. The summed E-state index contributed by atoms with van der Waals surface area (Å²) in [5.74, 6) is 0. The van der Waals surface area contributed by atoms with E-state index in [9.17, 15) is 8.42 Å². The zero-order valence-corrected chi connectivity index (χ0v) is 11.4. The van der Waals surface area contributed by atoms with Crippen molar-refractivity contribution in [1.29, 1.82) is 0 Å². The van der Waals surface area contributed by atoms with Crippen LogP contribution in [0.3, 0.4) is 0 Å². The van der Waals surface area contributed by atoms with Gasteiger partial charge in [-0.05, 0) is 30.9 Å². The van der Waals surface area contributed by atoms with Crippen molar-refractivity contribution in [3.63, 3.8) is 0 Å². The van der Waals surface area contributed by atoms with Crippen molar-refractivity contribution in [2.75, 3.05) is 6.54 Å². The Hall–Kier alpha value is -0.870. The maximum Gasteiger partial charge on any atom is 0.214 e. The number of sulfonamides is 1. The fourth-order valence-corrected chi connectivity index (χ4v) is 4.00. The molecule has 99 valence electrons. The summed E-state index contributed by atoms with van der Waals surface area (Å²) >= 11 is 0. The van der Waals surface area contributed by atoms with E-state index in [0.717, 1.165) is 37.7 Å². The van der Waals surface area contributed by atoms with E-state index in [1.165, 1.54) is 6.42 Å². The predicted molar refractivity (Wildman–Crippen MR) is 72.8 cm³/mol. The van der Waals surface area contributed by atoms with Gasteiger partial charge in [0.2, 0.25) is 10.0 Å². The summed E-state index contributed by atoms with van der Waals surface area (Å²) in [6, 6.07) is 10.6. The summed E-state index contributed by atoms with van der Waals surface area (Å²) < 4.78 is 26.9. The predicted octanol–water partition coefficient (Wildman–Crippen LogP) is 2.28. The number of hydrogen-bond acceptors (Lipinski definition) is 2. The van der Waals surface area contributed by atoms with Crippen LogP contribution in [0.2, 0.25) is 0 Å². The second-order valence-corrected chi connectivity index (χ2v) is 6.90. The Kier molecular flexibility index (Phi) is 4.78. The number of hydrogen-bond donors (Lipinski definition) is 1. The third-order valence-electron chi connectivity index (χ3n) is 3.50. The average Bonchev–Trinajstić information content (AvgIpc) is 2.41. The molecule has 1 fully saturated rings. The summed E-state index contributed by atoms with van der Waals surface area (Å²) in [7, 11) is -3.11. The molecule has 1 N–H and O–H groups in total. The first-order valence-electron chi connectivity index (χ1n) is 6.62. The summed E-state index contributed by atoms with van der Waals surface area (Å²) in [5, 5.41) is -0.171. The molecule has 0 saturated heterocycles. The second-order valence-electron chi connectivity index (χ2n) is 4.86. The van der Waals surface area contributed by atoms with Crippen LogP contribution in [0.5, 0.6) is 0 Å². The van der Waals surface area contributed by atoms with Crippen LogP contribution in [0.4, 0.5) is 0 Å². The van der Waals surface area contributed by atoms with Crippen molar-refractivity contribution in [3.8, 4) is 0 Å². The molecule has 18 heavy (non-hydrogen) atoms. The summed E-state index contributed by atoms with van der Waals surface area (Å²) in [4.78, 5) is 0. The van der Waals surface area contributed by atoms with Crippen molar-refractivity contribution < 1.29 is 8.42 Å². The average molecular weight is 266 g/mol. The Labute approximate surface area is 110 Å². The Balaban J connectivity index is 1.82. The highest BCUT2D eigenvalue weighted by Gasteiger charge is 2.26. The Morgan fingerprint density at radius 3 is 2.50 bits per heavy atom. The normalized spacial score (nSPS) is 17.8. The SMILES string of the molecule is O=S(=O)(NCCc1cc[c]cc1)C1CCCCC1. The van der Waals surface area contributed by atoms with Crippen molar-refractivity contribution in [3.05, 3.63) is 35.9 Å². The van der Waals surface area contributed by atoms with Crippen LogP contribution < -0.4 is 4.72 Å². The van der Waals surface area contributed by atoms with Gasteiger partial charge in [-0.3, -0.25) is 0 Å². The van der Waals surface area contributed by atoms with Crippen molar-refractivity contribution in [2.45, 2.75) is 43.8 Å². The molecule has 1 saturated carbocycles. The molecule has 0 spiro atoms. The highest BCUT2D eigenvalue weighted by Crippen LogP contribution is 2.22. The maximum atomic E-state index is 12.1. The highest BCUT2D eigenvalue weighted by atomic mass is 32.2. The molecule has 1 aliphatic carbocycles. The highest BCUT2D eigenvalue weighted by molar-refractivity contribution is 7.90. The lowest BCUT2D eigenvalue weighted by Gasteiger charge is -2.21. The smallest absolute Gasteiger partial charge is 0.214 e. The first-order valence-corrected chi connectivity index (χ1v) is 8.16. The van der Waals surface area contributed by atoms with Crippen molar-refractivity contribution >= 4 is 10.0 Å². The third kappa shape index (κ3) is 3.82. The van der Waals surface area contributed by atoms with Gasteiger partial charge in [-0.25, -0.2) is 13.1 Å². The molecule has 1 aromatic rings. The van der Waals surface area contributed by atoms with Gasteiger partial charge >= 0.3 is 0 Å². The van der Waals surface area contributed by atoms with Gasteiger partial charge in [0.15, 0.2) is 0 Å². The van der Waals surface area contributed by atoms with E-state index in [1.807, 2.05) is 24.3 Å². The van der Waals surface area contributed by atoms with E-state index in [4.69, 9.17) is 0 Å². The fraction of sp³-hybridized carbons (Fsp3) is 0.571. The van der Waals surface area contributed by atoms with Gasteiger partial charge in [-0.15, -0.1) is 0 Å². The Morgan fingerprint density at radius 1 is 1.17 bits per heavy atom. The number of rotatable bonds is 5. The van der Waals surface area contributed by atoms with Gasteiger partial charge < -0.3 is 0 Å². The molecule has 0 amide bonds. The van der Waals surface area contributed by atoms with Crippen LogP contribution in [0, 0.1) is 6.07 Å². The molecule has 3 nitrogen and oxygen atoms in total. The van der Waals surface area contributed by atoms with E-state index in [-0.39, 0.29) is 5.25 Å². The molecule has 1 aromatic carbocycles. The first kappa shape index (κ1) is 13.6. The van der Waals surface area contributed by atoms with Gasteiger partial charge in [0, 0.05) is 6.54 Å². The standard InChI is InChI=1S/C14H20NO2S/c16-18(17,14-9-5-2-6-10-14)15-12-11-13-7-3-1-4-8-13/h3-4,7-8,14-15H,2,5-6,9-12H2. The van der Waals surface area contributed by atoms with Crippen LogP contribution in [-0.4, -0.2) is 20.2 Å².